The fraction of sp³-hybridized carbons (Fsp3) is 0.273. The Bertz CT molecular complexity index is 1710. The first-order valence-corrected chi connectivity index (χ1v) is 16.3. The molecule has 0 radical (unpaired) electrons. The lowest BCUT2D eigenvalue weighted by Gasteiger charge is -2.39. The van der Waals surface area contributed by atoms with Crippen molar-refractivity contribution in [2.45, 2.75) is 42.3 Å². The smallest absolute Gasteiger partial charge is 0.245 e. The summed E-state index contributed by atoms with van der Waals surface area (Å²) in [4.78, 5) is 17.8. The largest absolute Gasteiger partial charge is 0.481 e. The van der Waals surface area contributed by atoms with Crippen molar-refractivity contribution in [3.63, 3.8) is 0 Å². The number of benzene rings is 3. The summed E-state index contributed by atoms with van der Waals surface area (Å²) in [5.74, 6) is -0.800. The molecular formula is C33H34ClFN4O5S. The standard InChI is InChI=1S/C33H34ClFN4O5S/c1-44-32-17-12-23(19-37-32)28(22-10-13-24(34)14-11-22)18-31(40)38-30-9-5-8-29(35)27(30)16-15-25-20-36-21-33(41)39(25)45(42,43)26-6-3-2-4-7-26/h2-14,17,19,25,28,33,36,41H,15-16,18,20-21H2,1H3,(H,38,40)/t25-,28?,33?/m0/s1. The number of aliphatic hydroxyl groups is 1. The molecule has 0 spiro atoms. The second-order valence-corrected chi connectivity index (χ2v) is 13.0. The molecule has 12 heteroatoms. The van der Waals surface area contributed by atoms with Crippen molar-refractivity contribution in [2.75, 3.05) is 25.5 Å². The number of carbonyl (C=O) groups excluding carboxylic acids is 1. The van der Waals surface area contributed by atoms with Crippen LogP contribution in [0, 0.1) is 5.82 Å². The maximum atomic E-state index is 15.2. The van der Waals surface area contributed by atoms with Gasteiger partial charge < -0.3 is 20.5 Å². The lowest BCUT2D eigenvalue weighted by atomic mass is 9.89. The van der Waals surface area contributed by atoms with Crippen LogP contribution in [0.3, 0.4) is 0 Å². The minimum absolute atomic E-state index is 0.0351. The predicted molar refractivity (Wildman–Crippen MR) is 170 cm³/mol. The molecule has 3 aromatic carbocycles. The van der Waals surface area contributed by atoms with Crippen LogP contribution in [0.1, 0.15) is 35.4 Å². The molecule has 45 heavy (non-hydrogen) atoms. The van der Waals surface area contributed by atoms with Gasteiger partial charge in [-0.25, -0.2) is 17.8 Å². The molecule has 1 aliphatic heterocycles. The van der Waals surface area contributed by atoms with Crippen molar-refractivity contribution in [1.82, 2.24) is 14.6 Å². The van der Waals surface area contributed by atoms with Gasteiger partial charge in [-0.15, -0.1) is 0 Å². The number of anilines is 1. The Morgan fingerprint density at radius 1 is 1.07 bits per heavy atom. The van der Waals surface area contributed by atoms with E-state index in [1.54, 1.807) is 48.7 Å². The Hall–Kier alpha value is -3.87. The third-order valence-corrected chi connectivity index (χ3v) is 10.0. The first kappa shape index (κ1) is 32.5. The molecule has 1 fully saturated rings. The van der Waals surface area contributed by atoms with E-state index in [4.69, 9.17) is 16.3 Å². The van der Waals surface area contributed by atoms with Gasteiger partial charge in [-0.2, -0.15) is 4.31 Å². The summed E-state index contributed by atoms with van der Waals surface area (Å²) < 4.78 is 48.5. The van der Waals surface area contributed by atoms with Gasteiger partial charge in [0.05, 0.1) is 12.0 Å². The van der Waals surface area contributed by atoms with Gasteiger partial charge in [0.2, 0.25) is 21.8 Å². The summed E-state index contributed by atoms with van der Waals surface area (Å²) in [6.45, 7) is 0.347. The molecule has 2 unspecified atom stereocenters. The summed E-state index contributed by atoms with van der Waals surface area (Å²) in [6, 6.07) is 22.4. The Kier molecular flexibility index (Phi) is 10.5. The number of aliphatic hydroxyl groups excluding tert-OH is 1. The fourth-order valence-electron chi connectivity index (χ4n) is 5.57. The Morgan fingerprint density at radius 2 is 1.80 bits per heavy atom. The van der Waals surface area contributed by atoms with Crippen LogP contribution in [0.15, 0.2) is 96.0 Å². The number of sulfonamides is 1. The molecule has 236 valence electrons. The van der Waals surface area contributed by atoms with E-state index in [0.717, 1.165) is 15.4 Å². The first-order chi connectivity index (χ1) is 21.7. The third-order valence-electron chi connectivity index (χ3n) is 7.83. The van der Waals surface area contributed by atoms with E-state index in [-0.39, 0.29) is 54.6 Å². The SMILES string of the molecule is COc1ccc(C(CC(=O)Nc2cccc(F)c2CC[C@H]2CNCC(O)N2S(=O)(=O)c2ccccc2)c2ccc(Cl)cc2)cn1. The highest BCUT2D eigenvalue weighted by Gasteiger charge is 2.39. The first-order valence-electron chi connectivity index (χ1n) is 14.5. The Morgan fingerprint density at radius 3 is 2.49 bits per heavy atom. The van der Waals surface area contributed by atoms with Crippen LogP contribution in [-0.2, 0) is 21.2 Å². The van der Waals surface area contributed by atoms with E-state index in [1.165, 1.54) is 31.4 Å². The van der Waals surface area contributed by atoms with Crippen LogP contribution in [0.2, 0.25) is 5.02 Å². The Labute approximate surface area is 267 Å². The lowest BCUT2D eigenvalue weighted by molar-refractivity contribution is -0.116. The van der Waals surface area contributed by atoms with Gasteiger partial charge in [0.25, 0.3) is 0 Å². The number of methoxy groups -OCH3 is 1. The number of amides is 1. The number of β-amino-alcohol motifs (C(OH)–C–C–N with tert-alkyl or cyclic N) is 1. The molecule has 1 saturated heterocycles. The highest BCUT2D eigenvalue weighted by Crippen LogP contribution is 2.31. The average Bonchev–Trinajstić information content (AvgIpc) is 3.04. The van der Waals surface area contributed by atoms with Crippen molar-refractivity contribution in [3.8, 4) is 5.88 Å². The number of nitrogens with zero attached hydrogens (tertiary/aromatic N) is 2. The zero-order valence-electron chi connectivity index (χ0n) is 24.6. The maximum absolute atomic E-state index is 15.2. The zero-order chi connectivity index (χ0) is 32.0. The Balaban J connectivity index is 1.35. The van der Waals surface area contributed by atoms with E-state index in [9.17, 15) is 18.3 Å². The van der Waals surface area contributed by atoms with Gasteiger partial charge in [0.1, 0.15) is 12.0 Å². The molecule has 0 saturated carbocycles. The van der Waals surface area contributed by atoms with Crippen LogP contribution < -0.4 is 15.4 Å². The predicted octanol–water partition coefficient (Wildman–Crippen LogP) is 4.96. The average molecular weight is 653 g/mol. The van der Waals surface area contributed by atoms with Crippen LogP contribution in [-0.4, -0.2) is 61.2 Å². The fourth-order valence-corrected chi connectivity index (χ4v) is 7.41. The second-order valence-electron chi connectivity index (χ2n) is 10.7. The van der Waals surface area contributed by atoms with Crippen LogP contribution in [0.25, 0.3) is 0 Å². The van der Waals surface area contributed by atoms with Crippen molar-refractivity contribution >= 4 is 33.2 Å². The molecule has 1 aromatic heterocycles. The normalized spacial score (nSPS) is 17.9. The molecule has 1 amide bonds. The minimum Gasteiger partial charge on any atom is -0.481 e. The van der Waals surface area contributed by atoms with Gasteiger partial charge >= 0.3 is 0 Å². The molecular weight excluding hydrogens is 619 g/mol. The summed E-state index contributed by atoms with van der Waals surface area (Å²) in [6.07, 6.45) is 0.718. The van der Waals surface area contributed by atoms with Crippen LogP contribution in [0.4, 0.5) is 10.1 Å². The summed E-state index contributed by atoms with van der Waals surface area (Å²) >= 11 is 6.11. The van der Waals surface area contributed by atoms with Gasteiger partial charge in [0.15, 0.2) is 0 Å². The molecule has 1 aliphatic rings. The summed E-state index contributed by atoms with van der Waals surface area (Å²) in [5.41, 5.74) is 2.18. The second kappa shape index (κ2) is 14.5. The number of hydrogen-bond donors (Lipinski definition) is 3. The van der Waals surface area contributed by atoms with Crippen molar-refractivity contribution in [2.24, 2.45) is 0 Å². The monoisotopic (exact) mass is 652 g/mol. The number of ether oxygens (including phenoxy) is 1. The highest BCUT2D eigenvalue weighted by molar-refractivity contribution is 7.89. The highest BCUT2D eigenvalue weighted by atomic mass is 35.5. The third kappa shape index (κ3) is 7.69. The van der Waals surface area contributed by atoms with E-state index < -0.39 is 28.1 Å². The van der Waals surface area contributed by atoms with E-state index in [1.807, 2.05) is 18.2 Å². The zero-order valence-corrected chi connectivity index (χ0v) is 26.1. The molecule has 9 nitrogen and oxygen atoms in total. The lowest BCUT2D eigenvalue weighted by Crippen LogP contribution is -2.59. The topological polar surface area (TPSA) is 121 Å². The minimum atomic E-state index is -4.02. The van der Waals surface area contributed by atoms with E-state index >= 15 is 4.39 Å². The van der Waals surface area contributed by atoms with Crippen molar-refractivity contribution in [3.05, 3.63) is 119 Å². The van der Waals surface area contributed by atoms with Gasteiger partial charge in [-0.3, -0.25) is 4.79 Å². The molecule has 4 aromatic rings. The van der Waals surface area contributed by atoms with Crippen LogP contribution in [0.5, 0.6) is 5.88 Å². The number of rotatable bonds is 11. The summed E-state index contributed by atoms with van der Waals surface area (Å²) in [7, 11) is -2.50. The quantitative estimate of drug-likeness (QED) is 0.210. The number of hydrogen-bond acceptors (Lipinski definition) is 7. The molecule has 2 heterocycles. The summed E-state index contributed by atoms with van der Waals surface area (Å²) in [5, 5.41) is 17.2. The number of halogens is 2. The molecule has 3 atom stereocenters. The van der Waals surface area contributed by atoms with Gasteiger partial charge in [-0.05, 0) is 60.4 Å². The molecule has 0 bridgehead atoms. The van der Waals surface area contributed by atoms with Crippen molar-refractivity contribution in [1.29, 1.82) is 0 Å². The van der Waals surface area contributed by atoms with Gasteiger partial charge in [0, 0.05) is 60.0 Å². The van der Waals surface area contributed by atoms with Crippen LogP contribution >= 0.6 is 11.6 Å². The maximum Gasteiger partial charge on any atom is 0.245 e. The number of pyridine rings is 1. The van der Waals surface area contributed by atoms with E-state index in [2.05, 4.69) is 15.6 Å². The number of aromatic nitrogens is 1. The van der Waals surface area contributed by atoms with Gasteiger partial charge in [-0.1, -0.05) is 54.1 Å². The number of piperazine rings is 1. The molecule has 5 rings (SSSR count). The number of carbonyl (C=O) groups is 1. The van der Waals surface area contributed by atoms with Crippen molar-refractivity contribution < 1.29 is 27.4 Å². The molecule has 3 N–H and O–H groups in total. The van der Waals surface area contributed by atoms with E-state index in [0.29, 0.717) is 16.6 Å². The molecule has 0 aliphatic carbocycles. The number of nitrogens with one attached hydrogen (secondary N) is 2.